The van der Waals surface area contributed by atoms with Gasteiger partial charge in [0.25, 0.3) is 5.91 Å². The lowest BCUT2D eigenvalue weighted by Gasteiger charge is -2.11. The first kappa shape index (κ1) is 17.9. The Morgan fingerprint density at radius 3 is 2.35 bits per heavy atom. The van der Waals surface area contributed by atoms with Crippen LogP contribution in [-0.4, -0.2) is 16.7 Å². The number of nitrogens with zero attached hydrogens (tertiary/aromatic N) is 2. The topological polar surface area (TPSA) is 46.4 Å². The minimum atomic E-state index is -0.416. The zero-order valence-electron chi connectivity index (χ0n) is 14.3. The molecule has 3 rings (SSSR count). The van der Waals surface area contributed by atoms with Crippen molar-refractivity contribution in [3.05, 3.63) is 88.0 Å². The van der Waals surface area contributed by atoms with Gasteiger partial charge in [0.1, 0.15) is 5.82 Å². The van der Waals surface area contributed by atoms with Crippen LogP contribution in [0.4, 0.5) is 4.39 Å². The highest BCUT2D eigenvalue weighted by Gasteiger charge is 2.12. The van der Waals surface area contributed by atoms with Crippen molar-refractivity contribution in [3.8, 4) is 5.69 Å². The molecule has 0 aliphatic heterocycles. The lowest BCUT2D eigenvalue weighted by atomic mass is 10.2. The Balaban J connectivity index is 1.75. The summed E-state index contributed by atoms with van der Waals surface area (Å²) in [6.07, 6.45) is 1.44. The fourth-order valence-electron chi connectivity index (χ4n) is 2.68. The number of hydrazone groups is 1. The number of hydrogen-bond donors (Lipinski definition) is 1. The van der Waals surface area contributed by atoms with Crippen LogP contribution >= 0.6 is 11.6 Å². The normalized spacial score (nSPS) is 11.1. The van der Waals surface area contributed by atoms with E-state index in [4.69, 9.17) is 11.6 Å². The number of benzene rings is 2. The van der Waals surface area contributed by atoms with Gasteiger partial charge in [-0.1, -0.05) is 23.7 Å². The van der Waals surface area contributed by atoms with Crippen LogP contribution in [0.15, 0.2) is 59.7 Å². The maximum atomic E-state index is 12.9. The van der Waals surface area contributed by atoms with Crippen LogP contribution in [-0.2, 0) is 0 Å². The summed E-state index contributed by atoms with van der Waals surface area (Å²) in [5, 5.41) is 4.22. The summed E-state index contributed by atoms with van der Waals surface area (Å²) in [5.74, 6) is -0.743. The SMILES string of the molecule is Cc1ccc(C)n1-c1ccc(C(=O)N/N=C\c2ccc(F)cc2)c(Cl)c1. The summed E-state index contributed by atoms with van der Waals surface area (Å²) >= 11 is 6.29. The molecule has 0 fully saturated rings. The van der Waals surface area contributed by atoms with Gasteiger partial charge in [0, 0.05) is 17.1 Å². The van der Waals surface area contributed by atoms with Crippen LogP contribution in [0, 0.1) is 19.7 Å². The van der Waals surface area contributed by atoms with Crippen molar-refractivity contribution < 1.29 is 9.18 Å². The molecule has 0 radical (unpaired) electrons. The van der Waals surface area contributed by atoms with Gasteiger partial charge in [0.2, 0.25) is 0 Å². The molecular weight excluding hydrogens is 353 g/mol. The fraction of sp³-hybridized carbons (Fsp3) is 0.100. The molecule has 4 nitrogen and oxygen atoms in total. The summed E-state index contributed by atoms with van der Waals surface area (Å²) in [4.78, 5) is 12.3. The summed E-state index contributed by atoms with van der Waals surface area (Å²) in [7, 11) is 0. The van der Waals surface area contributed by atoms with Gasteiger partial charge in [0.05, 0.1) is 16.8 Å². The van der Waals surface area contributed by atoms with Gasteiger partial charge < -0.3 is 4.57 Å². The number of nitrogens with one attached hydrogen (secondary N) is 1. The van der Waals surface area contributed by atoms with Gasteiger partial charge in [-0.25, -0.2) is 9.82 Å². The van der Waals surface area contributed by atoms with E-state index in [2.05, 4.69) is 15.1 Å². The molecule has 1 aromatic heterocycles. The maximum Gasteiger partial charge on any atom is 0.272 e. The standard InChI is InChI=1S/C20H17ClFN3O/c1-13-3-4-14(2)25(13)17-9-10-18(19(21)11-17)20(26)24-23-12-15-5-7-16(22)8-6-15/h3-12H,1-2H3,(H,24,26)/b23-12-. The Bertz CT molecular complexity index is 958. The van der Waals surface area contributed by atoms with Crippen molar-refractivity contribution >= 4 is 23.7 Å². The number of aromatic nitrogens is 1. The Morgan fingerprint density at radius 2 is 1.73 bits per heavy atom. The largest absolute Gasteiger partial charge is 0.318 e. The Kier molecular flexibility index (Phi) is 5.19. The van der Waals surface area contributed by atoms with E-state index in [1.54, 1.807) is 24.3 Å². The van der Waals surface area contributed by atoms with E-state index in [1.807, 2.05) is 32.0 Å². The monoisotopic (exact) mass is 369 g/mol. The predicted molar refractivity (Wildman–Crippen MR) is 102 cm³/mol. The second kappa shape index (κ2) is 7.54. The zero-order chi connectivity index (χ0) is 18.7. The molecule has 0 aliphatic rings. The van der Waals surface area contributed by atoms with Crippen LogP contribution < -0.4 is 5.43 Å². The van der Waals surface area contributed by atoms with E-state index in [0.29, 0.717) is 16.1 Å². The van der Waals surface area contributed by atoms with Gasteiger partial charge in [-0.05, 0) is 61.9 Å². The van der Waals surface area contributed by atoms with Gasteiger partial charge >= 0.3 is 0 Å². The van der Waals surface area contributed by atoms with E-state index < -0.39 is 5.91 Å². The maximum absolute atomic E-state index is 12.9. The minimum absolute atomic E-state index is 0.328. The van der Waals surface area contributed by atoms with Crippen LogP contribution in [0.2, 0.25) is 5.02 Å². The molecule has 0 aliphatic carbocycles. The van der Waals surface area contributed by atoms with Gasteiger partial charge in [-0.15, -0.1) is 0 Å². The third kappa shape index (κ3) is 3.83. The van der Waals surface area contributed by atoms with Crippen LogP contribution in [0.1, 0.15) is 27.3 Å². The molecular formula is C20H17ClFN3O. The summed E-state index contributed by atoms with van der Waals surface area (Å²) in [6.45, 7) is 4.01. The molecule has 2 aromatic carbocycles. The smallest absolute Gasteiger partial charge is 0.272 e. The van der Waals surface area contributed by atoms with Crippen molar-refractivity contribution in [2.45, 2.75) is 13.8 Å². The zero-order valence-corrected chi connectivity index (χ0v) is 15.1. The molecule has 0 atom stereocenters. The van der Waals surface area contributed by atoms with E-state index in [1.165, 1.54) is 18.3 Å². The van der Waals surface area contributed by atoms with E-state index in [9.17, 15) is 9.18 Å². The molecule has 0 saturated heterocycles. The molecule has 0 bridgehead atoms. The lowest BCUT2D eigenvalue weighted by Crippen LogP contribution is -2.18. The number of aryl methyl sites for hydroxylation is 2. The molecule has 1 N–H and O–H groups in total. The van der Waals surface area contributed by atoms with Crippen molar-refractivity contribution in [1.82, 2.24) is 9.99 Å². The predicted octanol–water partition coefficient (Wildman–Crippen LogP) is 4.65. The van der Waals surface area contributed by atoms with Gasteiger partial charge in [-0.2, -0.15) is 5.10 Å². The molecule has 0 saturated carbocycles. The summed E-state index contributed by atoms with van der Waals surface area (Å²) in [6, 6.07) is 15.1. The minimum Gasteiger partial charge on any atom is -0.318 e. The first-order valence-corrected chi connectivity index (χ1v) is 8.37. The van der Waals surface area contributed by atoms with Crippen molar-refractivity contribution in [2.75, 3.05) is 0 Å². The first-order valence-electron chi connectivity index (χ1n) is 7.99. The van der Waals surface area contributed by atoms with Gasteiger partial charge in [0.15, 0.2) is 0 Å². The molecule has 132 valence electrons. The Morgan fingerprint density at radius 1 is 1.08 bits per heavy atom. The first-order chi connectivity index (χ1) is 12.5. The third-order valence-corrected chi connectivity index (χ3v) is 4.29. The van der Waals surface area contributed by atoms with E-state index in [0.717, 1.165) is 17.1 Å². The highest BCUT2D eigenvalue weighted by atomic mass is 35.5. The number of amides is 1. The highest BCUT2D eigenvalue weighted by molar-refractivity contribution is 6.34. The summed E-state index contributed by atoms with van der Waals surface area (Å²) < 4.78 is 14.9. The average molecular weight is 370 g/mol. The Hall–Kier alpha value is -2.92. The quantitative estimate of drug-likeness (QED) is 0.528. The average Bonchev–Trinajstić information content (AvgIpc) is 2.95. The van der Waals surface area contributed by atoms with Crippen LogP contribution in [0.3, 0.4) is 0 Å². The molecule has 26 heavy (non-hydrogen) atoms. The lowest BCUT2D eigenvalue weighted by molar-refractivity contribution is 0.0955. The molecule has 0 spiro atoms. The van der Waals surface area contributed by atoms with Crippen molar-refractivity contribution in [1.29, 1.82) is 0 Å². The van der Waals surface area contributed by atoms with E-state index >= 15 is 0 Å². The van der Waals surface area contributed by atoms with Crippen molar-refractivity contribution in [2.24, 2.45) is 5.10 Å². The van der Waals surface area contributed by atoms with Crippen LogP contribution in [0.5, 0.6) is 0 Å². The molecule has 0 unspecified atom stereocenters. The number of rotatable bonds is 4. The van der Waals surface area contributed by atoms with E-state index in [-0.39, 0.29) is 5.82 Å². The molecule has 1 amide bonds. The number of halogens is 2. The van der Waals surface area contributed by atoms with Crippen molar-refractivity contribution in [3.63, 3.8) is 0 Å². The second-order valence-electron chi connectivity index (χ2n) is 5.87. The molecule has 3 aromatic rings. The number of carbonyl (C=O) groups excluding carboxylic acids is 1. The van der Waals surface area contributed by atoms with Gasteiger partial charge in [-0.3, -0.25) is 4.79 Å². The number of hydrogen-bond acceptors (Lipinski definition) is 2. The van der Waals surface area contributed by atoms with Crippen LogP contribution in [0.25, 0.3) is 5.69 Å². The fourth-order valence-corrected chi connectivity index (χ4v) is 2.94. The number of carbonyl (C=O) groups is 1. The second-order valence-corrected chi connectivity index (χ2v) is 6.27. The molecule has 6 heteroatoms. The molecule has 1 heterocycles. The summed E-state index contributed by atoms with van der Waals surface area (Å²) in [5.41, 5.74) is 6.48. The highest BCUT2D eigenvalue weighted by Crippen LogP contribution is 2.23. The Labute approximate surface area is 155 Å². The third-order valence-electron chi connectivity index (χ3n) is 3.98.